The average Bonchev–Trinajstić information content (AvgIpc) is 2.79. The zero-order chi connectivity index (χ0) is 22.4. The van der Waals surface area contributed by atoms with Crippen molar-refractivity contribution >= 4 is 17.6 Å². The van der Waals surface area contributed by atoms with Crippen molar-refractivity contribution in [3.8, 4) is 23.0 Å². The van der Waals surface area contributed by atoms with Gasteiger partial charge in [-0.3, -0.25) is 10.1 Å². The number of esters is 2. The van der Waals surface area contributed by atoms with Crippen LogP contribution in [0.15, 0.2) is 66.7 Å². The molecule has 0 N–H and O–H groups in total. The summed E-state index contributed by atoms with van der Waals surface area (Å²) >= 11 is 0. The lowest BCUT2D eigenvalue weighted by Gasteiger charge is -2.11. The molecule has 0 unspecified atom stereocenters. The number of nitrogens with zero attached hydrogens (tertiary/aromatic N) is 1. The van der Waals surface area contributed by atoms with Crippen LogP contribution in [0.1, 0.15) is 20.7 Å². The van der Waals surface area contributed by atoms with Gasteiger partial charge in [-0.2, -0.15) is 0 Å². The van der Waals surface area contributed by atoms with Gasteiger partial charge in [-0.25, -0.2) is 9.59 Å². The van der Waals surface area contributed by atoms with Crippen LogP contribution in [0.25, 0.3) is 0 Å². The van der Waals surface area contributed by atoms with E-state index in [0.717, 1.165) is 0 Å². The molecule has 9 nitrogen and oxygen atoms in total. The largest absolute Gasteiger partial charge is 0.497 e. The predicted octanol–water partition coefficient (Wildman–Crippen LogP) is 4.05. The lowest BCUT2D eigenvalue weighted by Crippen LogP contribution is -2.12. The summed E-state index contributed by atoms with van der Waals surface area (Å²) < 4.78 is 20.8. The number of hydrogen-bond donors (Lipinski definition) is 0. The van der Waals surface area contributed by atoms with Crippen molar-refractivity contribution in [3.05, 3.63) is 88.0 Å². The molecule has 0 saturated carbocycles. The van der Waals surface area contributed by atoms with Gasteiger partial charge < -0.3 is 18.9 Å². The fraction of sp³-hybridized carbons (Fsp3) is 0.0909. The molecule has 0 radical (unpaired) electrons. The first-order valence-electron chi connectivity index (χ1n) is 8.92. The normalized spacial score (nSPS) is 10.1. The first-order chi connectivity index (χ1) is 14.9. The number of hydrogen-bond acceptors (Lipinski definition) is 8. The molecule has 0 heterocycles. The molecule has 0 aromatic heterocycles. The molecule has 31 heavy (non-hydrogen) atoms. The van der Waals surface area contributed by atoms with Crippen LogP contribution in [-0.2, 0) is 0 Å². The number of ether oxygens (including phenoxy) is 4. The number of rotatable bonds is 7. The fourth-order valence-electron chi connectivity index (χ4n) is 2.59. The highest BCUT2D eigenvalue weighted by molar-refractivity contribution is 5.95. The number of carbonyl (C=O) groups excluding carboxylic acids is 2. The summed E-state index contributed by atoms with van der Waals surface area (Å²) in [6.07, 6.45) is 0. The van der Waals surface area contributed by atoms with Gasteiger partial charge in [-0.15, -0.1) is 0 Å². The standard InChI is InChI=1S/C22H17NO8/c1-28-16-7-3-14(4-8-16)21(24)31-18-11-12-19(20(13-18)29-2)22(25)30-17-9-5-15(6-10-17)23(26)27/h3-13H,1-2H3. The van der Waals surface area contributed by atoms with Crippen LogP contribution in [0.5, 0.6) is 23.0 Å². The van der Waals surface area contributed by atoms with Crippen molar-refractivity contribution in [3.63, 3.8) is 0 Å². The van der Waals surface area contributed by atoms with Crippen LogP contribution < -0.4 is 18.9 Å². The van der Waals surface area contributed by atoms with Gasteiger partial charge in [0, 0.05) is 18.2 Å². The Morgan fingerprint density at radius 3 is 1.90 bits per heavy atom. The first-order valence-corrected chi connectivity index (χ1v) is 8.92. The number of nitro benzene ring substituents is 1. The van der Waals surface area contributed by atoms with Crippen LogP contribution in [0.4, 0.5) is 5.69 Å². The van der Waals surface area contributed by atoms with E-state index in [-0.39, 0.29) is 28.5 Å². The molecule has 0 saturated heterocycles. The molecular formula is C22H17NO8. The van der Waals surface area contributed by atoms with Crippen LogP contribution in [0, 0.1) is 10.1 Å². The molecule has 9 heteroatoms. The van der Waals surface area contributed by atoms with Crippen LogP contribution in [-0.4, -0.2) is 31.1 Å². The second kappa shape index (κ2) is 9.40. The molecule has 0 atom stereocenters. The quantitative estimate of drug-likeness (QED) is 0.242. The van der Waals surface area contributed by atoms with Gasteiger partial charge >= 0.3 is 11.9 Å². The highest BCUT2D eigenvalue weighted by Gasteiger charge is 2.18. The Bertz CT molecular complexity index is 1110. The van der Waals surface area contributed by atoms with Gasteiger partial charge in [0.2, 0.25) is 0 Å². The molecule has 158 valence electrons. The van der Waals surface area contributed by atoms with Gasteiger partial charge in [-0.1, -0.05) is 0 Å². The Kier molecular flexibility index (Phi) is 6.46. The summed E-state index contributed by atoms with van der Waals surface area (Å²) in [5.74, 6) is -0.289. The highest BCUT2D eigenvalue weighted by atomic mass is 16.6. The minimum Gasteiger partial charge on any atom is -0.497 e. The highest BCUT2D eigenvalue weighted by Crippen LogP contribution is 2.27. The second-order valence-corrected chi connectivity index (χ2v) is 6.12. The maximum atomic E-state index is 12.5. The summed E-state index contributed by atoms with van der Waals surface area (Å²) in [5.41, 5.74) is 0.284. The van der Waals surface area contributed by atoms with Gasteiger partial charge in [-0.05, 0) is 48.5 Å². The first kappa shape index (κ1) is 21.3. The lowest BCUT2D eigenvalue weighted by molar-refractivity contribution is -0.384. The molecule has 0 aliphatic carbocycles. The number of nitro groups is 1. The van der Waals surface area contributed by atoms with E-state index >= 15 is 0 Å². The smallest absolute Gasteiger partial charge is 0.347 e. The molecule has 0 aliphatic rings. The number of benzene rings is 3. The third-order valence-electron chi connectivity index (χ3n) is 4.19. The monoisotopic (exact) mass is 423 g/mol. The minimum atomic E-state index is -0.737. The maximum Gasteiger partial charge on any atom is 0.347 e. The minimum absolute atomic E-state index is 0.0881. The van der Waals surface area contributed by atoms with Crippen molar-refractivity contribution < 1.29 is 33.5 Å². The van der Waals surface area contributed by atoms with Gasteiger partial charge in [0.15, 0.2) is 0 Å². The SMILES string of the molecule is COc1ccc(C(=O)Oc2ccc(C(=O)Oc3ccc([N+](=O)[O-])cc3)c(OC)c2)cc1. The Morgan fingerprint density at radius 1 is 0.742 bits per heavy atom. The van der Waals surface area contributed by atoms with E-state index in [4.69, 9.17) is 18.9 Å². The lowest BCUT2D eigenvalue weighted by atomic mass is 10.2. The van der Waals surface area contributed by atoms with Crippen molar-refractivity contribution in [2.24, 2.45) is 0 Å². The molecular weight excluding hydrogens is 406 g/mol. The molecule has 0 bridgehead atoms. The number of carbonyl (C=O) groups is 2. The van der Waals surface area contributed by atoms with Gasteiger partial charge in [0.05, 0.1) is 24.7 Å². The molecule has 0 amide bonds. The Hall–Kier alpha value is -4.40. The van der Waals surface area contributed by atoms with E-state index in [1.807, 2.05) is 0 Å². The summed E-state index contributed by atoms with van der Waals surface area (Å²) in [4.78, 5) is 34.9. The molecule has 0 aliphatic heterocycles. The molecule has 3 aromatic carbocycles. The Labute approximate surface area is 176 Å². The summed E-state index contributed by atoms with van der Waals surface area (Å²) in [6.45, 7) is 0. The molecule has 3 rings (SSSR count). The van der Waals surface area contributed by atoms with Crippen LogP contribution in [0.2, 0.25) is 0 Å². The van der Waals surface area contributed by atoms with E-state index in [2.05, 4.69) is 0 Å². The number of methoxy groups -OCH3 is 2. The topological polar surface area (TPSA) is 114 Å². The number of non-ortho nitro benzene ring substituents is 1. The third-order valence-corrected chi connectivity index (χ3v) is 4.19. The summed E-state index contributed by atoms with van der Waals surface area (Å²) in [6, 6.07) is 15.7. The summed E-state index contributed by atoms with van der Waals surface area (Å²) in [7, 11) is 2.88. The zero-order valence-electron chi connectivity index (χ0n) is 16.6. The maximum absolute atomic E-state index is 12.5. The Morgan fingerprint density at radius 2 is 1.32 bits per heavy atom. The predicted molar refractivity (Wildman–Crippen MR) is 109 cm³/mol. The molecule has 0 fully saturated rings. The van der Waals surface area contributed by atoms with E-state index in [1.54, 1.807) is 24.3 Å². The van der Waals surface area contributed by atoms with E-state index in [1.165, 1.54) is 56.7 Å². The van der Waals surface area contributed by atoms with Crippen LogP contribution in [0.3, 0.4) is 0 Å². The van der Waals surface area contributed by atoms with E-state index in [0.29, 0.717) is 11.3 Å². The molecule has 0 spiro atoms. The van der Waals surface area contributed by atoms with E-state index < -0.39 is 16.9 Å². The third kappa shape index (κ3) is 5.15. The van der Waals surface area contributed by atoms with Crippen LogP contribution >= 0.6 is 0 Å². The molecule has 3 aromatic rings. The Balaban J connectivity index is 1.73. The van der Waals surface area contributed by atoms with Crippen molar-refractivity contribution in [2.45, 2.75) is 0 Å². The summed E-state index contributed by atoms with van der Waals surface area (Å²) in [5, 5.41) is 10.7. The van der Waals surface area contributed by atoms with Gasteiger partial charge in [0.25, 0.3) is 5.69 Å². The van der Waals surface area contributed by atoms with Gasteiger partial charge in [0.1, 0.15) is 28.6 Å². The van der Waals surface area contributed by atoms with Crippen molar-refractivity contribution in [1.82, 2.24) is 0 Å². The van der Waals surface area contributed by atoms with Crippen molar-refractivity contribution in [2.75, 3.05) is 14.2 Å². The average molecular weight is 423 g/mol. The zero-order valence-corrected chi connectivity index (χ0v) is 16.6. The fourth-order valence-corrected chi connectivity index (χ4v) is 2.59. The van der Waals surface area contributed by atoms with E-state index in [9.17, 15) is 19.7 Å². The van der Waals surface area contributed by atoms with Crippen molar-refractivity contribution in [1.29, 1.82) is 0 Å². The second-order valence-electron chi connectivity index (χ2n) is 6.12.